The van der Waals surface area contributed by atoms with Gasteiger partial charge in [-0.3, -0.25) is 14.9 Å². The van der Waals surface area contributed by atoms with E-state index in [0.29, 0.717) is 6.42 Å². The number of anilines is 1. The molecule has 1 atom stereocenters. The van der Waals surface area contributed by atoms with E-state index in [1.807, 2.05) is 13.8 Å². The summed E-state index contributed by atoms with van der Waals surface area (Å²) in [5.41, 5.74) is -0.387. The summed E-state index contributed by atoms with van der Waals surface area (Å²) >= 11 is 0. The van der Waals surface area contributed by atoms with Crippen LogP contribution in [-0.4, -0.2) is 10.8 Å². The summed E-state index contributed by atoms with van der Waals surface area (Å²) in [6.45, 7) is 3.97. The molecule has 0 saturated carbocycles. The van der Waals surface area contributed by atoms with Crippen LogP contribution in [0, 0.1) is 21.8 Å². The molecule has 0 aliphatic heterocycles. The van der Waals surface area contributed by atoms with Crippen molar-refractivity contribution < 1.29 is 14.1 Å². The van der Waals surface area contributed by atoms with E-state index in [1.165, 1.54) is 6.07 Å². The van der Waals surface area contributed by atoms with Crippen LogP contribution >= 0.6 is 0 Å². The molecule has 20 heavy (non-hydrogen) atoms. The van der Waals surface area contributed by atoms with Crippen molar-refractivity contribution in [2.24, 2.45) is 5.92 Å². The first-order valence-electron chi connectivity index (χ1n) is 6.74. The third kappa shape index (κ3) is 4.29. The minimum absolute atomic E-state index is 0.126. The van der Waals surface area contributed by atoms with Gasteiger partial charge in [0.1, 0.15) is 0 Å². The molecule has 1 unspecified atom stereocenters. The van der Waals surface area contributed by atoms with Gasteiger partial charge in [-0.25, -0.2) is 0 Å². The molecule has 0 saturated heterocycles. The predicted octanol–water partition coefficient (Wildman–Crippen LogP) is 3.89. The highest BCUT2D eigenvalue weighted by Crippen LogP contribution is 2.23. The monoisotopic (exact) mass is 282 g/mol. The molecular formula is C14H19FN2O3. The van der Waals surface area contributed by atoms with Crippen molar-refractivity contribution in [2.75, 3.05) is 5.32 Å². The first-order chi connectivity index (χ1) is 9.49. The number of carbonyl (C=O) groups excluding carboxylic acids is 1. The molecule has 0 spiro atoms. The van der Waals surface area contributed by atoms with E-state index in [4.69, 9.17) is 0 Å². The van der Waals surface area contributed by atoms with Crippen molar-refractivity contribution in [1.29, 1.82) is 0 Å². The SMILES string of the molecule is CCCCC(CC)C(=O)Nc1ccc(F)c([N+](=O)[O-])c1. The topological polar surface area (TPSA) is 72.2 Å². The Bertz CT molecular complexity index is 491. The number of rotatable bonds is 7. The second-order valence-electron chi connectivity index (χ2n) is 4.66. The Kier molecular flexibility index (Phi) is 6.09. The zero-order valence-electron chi connectivity index (χ0n) is 11.7. The maximum Gasteiger partial charge on any atom is 0.306 e. The van der Waals surface area contributed by atoms with Gasteiger partial charge in [-0.1, -0.05) is 26.7 Å². The van der Waals surface area contributed by atoms with Gasteiger partial charge in [0.2, 0.25) is 11.7 Å². The number of nitro groups is 1. The number of nitrogens with one attached hydrogen (secondary N) is 1. The molecule has 0 aliphatic carbocycles. The van der Waals surface area contributed by atoms with E-state index in [2.05, 4.69) is 5.32 Å². The van der Waals surface area contributed by atoms with Gasteiger partial charge in [0.25, 0.3) is 0 Å². The number of halogens is 1. The van der Waals surface area contributed by atoms with Crippen molar-refractivity contribution in [3.63, 3.8) is 0 Å². The number of hydrogen-bond acceptors (Lipinski definition) is 3. The molecule has 6 heteroatoms. The number of amides is 1. The second-order valence-corrected chi connectivity index (χ2v) is 4.66. The zero-order chi connectivity index (χ0) is 15.1. The van der Waals surface area contributed by atoms with E-state index < -0.39 is 16.4 Å². The van der Waals surface area contributed by atoms with Gasteiger partial charge in [-0.05, 0) is 25.0 Å². The molecule has 1 amide bonds. The zero-order valence-corrected chi connectivity index (χ0v) is 11.7. The Labute approximate surface area is 117 Å². The fraction of sp³-hybridized carbons (Fsp3) is 0.500. The smallest absolute Gasteiger partial charge is 0.306 e. The fourth-order valence-electron chi connectivity index (χ4n) is 1.95. The number of carbonyl (C=O) groups is 1. The summed E-state index contributed by atoms with van der Waals surface area (Å²) < 4.78 is 13.2. The summed E-state index contributed by atoms with van der Waals surface area (Å²) in [7, 11) is 0. The molecule has 0 radical (unpaired) electrons. The Hall–Kier alpha value is -1.98. The molecular weight excluding hydrogens is 263 g/mol. The van der Waals surface area contributed by atoms with Gasteiger partial charge in [-0.2, -0.15) is 4.39 Å². The van der Waals surface area contributed by atoms with Gasteiger partial charge < -0.3 is 5.32 Å². The Balaban J connectivity index is 2.79. The van der Waals surface area contributed by atoms with E-state index in [0.717, 1.165) is 31.4 Å². The van der Waals surface area contributed by atoms with Crippen molar-refractivity contribution in [1.82, 2.24) is 0 Å². The summed E-state index contributed by atoms with van der Waals surface area (Å²) in [6, 6.07) is 3.35. The number of nitrogens with zero attached hydrogens (tertiary/aromatic N) is 1. The molecule has 110 valence electrons. The van der Waals surface area contributed by atoms with E-state index in [9.17, 15) is 19.3 Å². The minimum Gasteiger partial charge on any atom is -0.326 e. The van der Waals surface area contributed by atoms with Crippen LogP contribution in [0.2, 0.25) is 0 Å². The van der Waals surface area contributed by atoms with Crippen molar-refractivity contribution in [3.05, 3.63) is 34.1 Å². The molecule has 0 fully saturated rings. The van der Waals surface area contributed by atoms with Gasteiger partial charge in [-0.15, -0.1) is 0 Å². The second kappa shape index (κ2) is 7.57. The highest BCUT2D eigenvalue weighted by molar-refractivity contribution is 5.92. The quantitative estimate of drug-likeness (QED) is 0.609. The standard InChI is InChI=1S/C14H19FN2O3/c1-3-5-6-10(4-2)14(18)16-11-7-8-12(15)13(9-11)17(19)20/h7-10H,3-6H2,1-2H3,(H,16,18). The molecule has 0 aliphatic rings. The summed E-state index contributed by atoms with van der Waals surface area (Å²) in [5.74, 6) is -1.22. The van der Waals surface area contributed by atoms with Crippen LogP contribution in [0.15, 0.2) is 18.2 Å². The van der Waals surface area contributed by atoms with Crippen molar-refractivity contribution in [3.8, 4) is 0 Å². The lowest BCUT2D eigenvalue weighted by atomic mass is 9.98. The average Bonchev–Trinajstić information content (AvgIpc) is 2.41. The van der Waals surface area contributed by atoms with Crippen LogP contribution in [0.25, 0.3) is 0 Å². The first kappa shape index (κ1) is 16.1. The molecule has 0 heterocycles. The summed E-state index contributed by atoms with van der Waals surface area (Å²) in [4.78, 5) is 21.9. The van der Waals surface area contributed by atoms with E-state index in [1.54, 1.807) is 0 Å². The van der Waals surface area contributed by atoms with Crippen LogP contribution in [0.3, 0.4) is 0 Å². The molecule has 0 bridgehead atoms. The van der Waals surface area contributed by atoms with Crippen molar-refractivity contribution in [2.45, 2.75) is 39.5 Å². The maximum atomic E-state index is 13.2. The lowest BCUT2D eigenvalue weighted by molar-refractivity contribution is -0.387. The molecule has 1 aromatic carbocycles. The lowest BCUT2D eigenvalue weighted by Gasteiger charge is -2.14. The maximum absolute atomic E-state index is 13.2. The molecule has 5 nitrogen and oxygen atoms in total. The summed E-state index contributed by atoms with van der Waals surface area (Å²) in [5, 5.41) is 13.3. The van der Waals surface area contributed by atoms with Gasteiger partial charge in [0.15, 0.2) is 0 Å². The fourth-order valence-corrected chi connectivity index (χ4v) is 1.95. The number of hydrogen-bond donors (Lipinski definition) is 1. The number of nitro benzene ring substituents is 1. The van der Waals surface area contributed by atoms with Crippen LogP contribution in [0.4, 0.5) is 15.8 Å². The molecule has 1 aromatic rings. The van der Waals surface area contributed by atoms with Gasteiger partial charge >= 0.3 is 5.69 Å². The number of benzene rings is 1. The Morgan fingerprint density at radius 2 is 2.15 bits per heavy atom. The largest absolute Gasteiger partial charge is 0.326 e. The van der Waals surface area contributed by atoms with E-state index in [-0.39, 0.29) is 17.5 Å². The molecule has 0 aromatic heterocycles. The van der Waals surface area contributed by atoms with Gasteiger partial charge in [0, 0.05) is 17.7 Å². The Morgan fingerprint density at radius 3 is 2.70 bits per heavy atom. The van der Waals surface area contributed by atoms with Crippen molar-refractivity contribution >= 4 is 17.3 Å². The highest BCUT2D eigenvalue weighted by atomic mass is 19.1. The number of unbranched alkanes of at least 4 members (excludes halogenated alkanes) is 1. The molecule has 1 N–H and O–H groups in total. The van der Waals surface area contributed by atoms with Crippen LogP contribution in [-0.2, 0) is 4.79 Å². The van der Waals surface area contributed by atoms with Crippen LogP contribution in [0.5, 0.6) is 0 Å². The predicted molar refractivity (Wildman–Crippen MR) is 75.0 cm³/mol. The average molecular weight is 282 g/mol. The normalized spacial score (nSPS) is 11.9. The lowest BCUT2D eigenvalue weighted by Crippen LogP contribution is -2.22. The third-order valence-electron chi connectivity index (χ3n) is 3.18. The Morgan fingerprint density at radius 1 is 1.45 bits per heavy atom. The van der Waals surface area contributed by atoms with Crippen LogP contribution in [0.1, 0.15) is 39.5 Å². The van der Waals surface area contributed by atoms with Crippen LogP contribution < -0.4 is 5.32 Å². The first-order valence-corrected chi connectivity index (χ1v) is 6.74. The van der Waals surface area contributed by atoms with E-state index >= 15 is 0 Å². The summed E-state index contributed by atoms with van der Waals surface area (Å²) in [6.07, 6.45) is 3.44. The molecule has 1 rings (SSSR count). The minimum atomic E-state index is -0.911. The van der Waals surface area contributed by atoms with Gasteiger partial charge in [0.05, 0.1) is 4.92 Å². The third-order valence-corrected chi connectivity index (χ3v) is 3.18. The highest BCUT2D eigenvalue weighted by Gasteiger charge is 2.19.